The molecule has 0 unspecified atom stereocenters. The zero-order chi connectivity index (χ0) is 16.7. The van der Waals surface area contributed by atoms with Crippen LogP contribution in [0.3, 0.4) is 0 Å². The van der Waals surface area contributed by atoms with E-state index in [1.54, 1.807) is 4.90 Å². The number of rotatable bonds is 6. The van der Waals surface area contributed by atoms with Crippen molar-refractivity contribution in [3.05, 3.63) is 29.8 Å². The third-order valence-electron chi connectivity index (χ3n) is 5.63. The summed E-state index contributed by atoms with van der Waals surface area (Å²) in [6, 6.07) is 7.72. The molecule has 2 fully saturated rings. The summed E-state index contributed by atoms with van der Waals surface area (Å²) in [5, 5.41) is 19.9. The van der Waals surface area contributed by atoms with Crippen LogP contribution >= 0.6 is 0 Å². The summed E-state index contributed by atoms with van der Waals surface area (Å²) in [5.41, 5.74) is 1.07. The lowest BCUT2D eigenvalue weighted by Gasteiger charge is -2.36. The highest BCUT2D eigenvalue weighted by molar-refractivity contribution is 6.43. The highest BCUT2D eigenvalue weighted by Crippen LogP contribution is 2.40. The monoisotopic (exact) mass is 331 g/mol. The Labute approximate surface area is 141 Å². The standard InChI is InChI=1S/C17H22BNO5/c20-10-19(14-8-12-5-6-16(14)24-12)17(18(21)22)7-11-9-23-15-4-2-1-3-13(11)15/h1-4,10-12,14,16-17,21-22H,5-9H2/t11-,12-,14-,16+,17+/m1/s1. The molecular weight excluding hydrogens is 309 g/mol. The van der Waals surface area contributed by atoms with Crippen molar-refractivity contribution in [3.8, 4) is 5.75 Å². The van der Waals surface area contributed by atoms with E-state index in [9.17, 15) is 14.8 Å². The zero-order valence-corrected chi connectivity index (χ0v) is 13.5. The number of ether oxygens (including phenoxy) is 2. The van der Waals surface area contributed by atoms with E-state index in [2.05, 4.69) is 0 Å². The molecule has 1 aromatic rings. The first-order valence-corrected chi connectivity index (χ1v) is 8.63. The van der Waals surface area contributed by atoms with Crippen LogP contribution in [0.5, 0.6) is 5.75 Å². The average molecular weight is 331 g/mol. The Morgan fingerprint density at radius 2 is 2.17 bits per heavy atom. The van der Waals surface area contributed by atoms with Crippen molar-refractivity contribution in [2.75, 3.05) is 6.61 Å². The van der Waals surface area contributed by atoms with E-state index in [0.29, 0.717) is 13.0 Å². The Hall–Kier alpha value is -1.57. The van der Waals surface area contributed by atoms with Crippen LogP contribution in [0.25, 0.3) is 0 Å². The smallest absolute Gasteiger partial charge is 0.475 e. The van der Waals surface area contributed by atoms with Crippen molar-refractivity contribution in [1.29, 1.82) is 0 Å². The Bertz CT molecular complexity index is 612. The molecule has 2 N–H and O–H groups in total. The molecule has 0 radical (unpaired) electrons. The second kappa shape index (κ2) is 6.39. The minimum absolute atomic E-state index is 0.0218. The molecule has 2 bridgehead atoms. The first kappa shape index (κ1) is 15.9. The van der Waals surface area contributed by atoms with E-state index in [0.717, 1.165) is 37.0 Å². The van der Waals surface area contributed by atoms with Gasteiger partial charge < -0.3 is 24.4 Å². The molecule has 6 nitrogen and oxygen atoms in total. The van der Waals surface area contributed by atoms with Gasteiger partial charge in [-0.25, -0.2) is 0 Å². The molecule has 1 amide bonds. The van der Waals surface area contributed by atoms with E-state index >= 15 is 0 Å². The maximum atomic E-state index is 11.8. The summed E-state index contributed by atoms with van der Waals surface area (Å²) < 4.78 is 11.5. The molecule has 7 heteroatoms. The van der Waals surface area contributed by atoms with Crippen molar-refractivity contribution < 1.29 is 24.3 Å². The molecule has 1 aromatic carbocycles. The maximum absolute atomic E-state index is 11.8. The highest BCUT2D eigenvalue weighted by atomic mass is 16.5. The van der Waals surface area contributed by atoms with Gasteiger partial charge in [0.05, 0.1) is 30.8 Å². The van der Waals surface area contributed by atoms with E-state index in [1.807, 2.05) is 24.3 Å². The summed E-state index contributed by atoms with van der Waals surface area (Å²) in [6.07, 6.45) is 4.18. The molecule has 3 aliphatic rings. The lowest BCUT2D eigenvalue weighted by Crippen LogP contribution is -2.54. The number of hydrogen-bond acceptors (Lipinski definition) is 5. The number of benzene rings is 1. The Kier molecular flexibility index (Phi) is 4.24. The molecule has 0 saturated carbocycles. The lowest BCUT2D eigenvalue weighted by molar-refractivity contribution is -0.123. The fraction of sp³-hybridized carbons (Fsp3) is 0.588. The Morgan fingerprint density at radius 1 is 1.33 bits per heavy atom. The predicted molar refractivity (Wildman–Crippen MR) is 87.5 cm³/mol. The number of carbonyl (C=O) groups excluding carboxylic acids is 1. The summed E-state index contributed by atoms with van der Waals surface area (Å²) in [5.74, 6) is 0.236. The van der Waals surface area contributed by atoms with Gasteiger partial charge in [0.25, 0.3) is 0 Å². The number of fused-ring (bicyclic) bond motifs is 3. The molecule has 24 heavy (non-hydrogen) atoms. The molecule has 0 aliphatic carbocycles. The Morgan fingerprint density at radius 3 is 2.83 bits per heavy atom. The molecular formula is C17H22BNO5. The van der Waals surface area contributed by atoms with Crippen molar-refractivity contribution in [2.45, 2.75) is 55.8 Å². The van der Waals surface area contributed by atoms with Crippen LogP contribution in [-0.2, 0) is 9.53 Å². The summed E-state index contributed by atoms with van der Waals surface area (Å²) in [6.45, 7) is 0.502. The van der Waals surface area contributed by atoms with Gasteiger partial charge >= 0.3 is 7.12 Å². The number of para-hydroxylation sites is 1. The van der Waals surface area contributed by atoms with Crippen molar-refractivity contribution in [3.63, 3.8) is 0 Å². The molecule has 128 valence electrons. The van der Waals surface area contributed by atoms with Gasteiger partial charge in [-0.15, -0.1) is 0 Å². The van der Waals surface area contributed by atoms with Crippen LogP contribution in [0.1, 0.15) is 37.2 Å². The topological polar surface area (TPSA) is 79.2 Å². The number of amides is 1. The number of hydrogen-bond donors (Lipinski definition) is 2. The van der Waals surface area contributed by atoms with Gasteiger partial charge in [-0.05, 0) is 31.7 Å². The fourth-order valence-electron chi connectivity index (χ4n) is 4.44. The first-order valence-electron chi connectivity index (χ1n) is 8.63. The molecule has 2 saturated heterocycles. The number of nitrogens with zero attached hydrogens (tertiary/aromatic N) is 1. The van der Waals surface area contributed by atoms with Crippen LogP contribution in [0.4, 0.5) is 0 Å². The van der Waals surface area contributed by atoms with Crippen LogP contribution in [0.2, 0.25) is 0 Å². The minimum Gasteiger partial charge on any atom is -0.493 e. The van der Waals surface area contributed by atoms with Gasteiger partial charge in [0.15, 0.2) is 0 Å². The van der Waals surface area contributed by atoms with E-state index < -0.39 is 13.1 Å². The second-order valence-corrected chi connectivity index (χ2v) is 6.99. The van der Waals surface area contributed by atoms with Gasteiger partial charge in [-0.2, -0.15) is 0 Å². The summed E-state index contributed by atoms with van der Waals surface area (Å²) in [4.78, 5) is 13.3. The summed E-state index contributed by atoms with van der Waals surface area (Å²) in [7, 11) is -1.58. The van der Waals surface area contributed by atoms with Crippen LogP contribution in [0, 0.1) is 0 Å². The SMILES string of the molecule is O=CN([C@@H]1C[C@H]2CC[C@@H]1O2)[C@@H](C[C@@H]1COc2ccccc21)B(O)O. The highest BCUT2D eigenvalue weighted by Gasteiger charge is 2.47. The van der Waals surface area contributed by atoms with E-state index in [1.165, 1.54) is 0 Å². The van der Waals surface area contributed by atoms with Gasteiger partial charge in [-0.3, -0.25) is 4.79 Å². The van der Waals surface area contributed by atoms with Crippen molar-refractivity contribution in [2.24, 2.45) is 0 Å². The zero-order valence-electron chi connectivity index (χ0n) is 13.5. The largest absolute Gasteiger partial charge is 0.493 e. The van der Waals surface area contributed by atoms with Gasteiger partial charge in [0.1, 0.15) is 5.75 Å². The quantitative estimate of drug-likeness (QED) is 0.593. The third kappa shape index (κ3) is 2.70. The molecule has 3 aliphatic heterocycles. The van der Waals surface area contributed by atoms with Crippen LogP contribution in [-0.4, -0.2) is 59.3 Å². The van der Waals surface area contributed by atoms with Crippen LogP contribution < -0.4 is 4.74 Å². The fourth-order valence-corrected chi connectivity index (χ4v) is 4.44. The van der Waals surface area contributed by atoms with Gasteiger partial charge in [0, 0.05) is 11.5 Å². The molecule has 4 rings (SSSR count). The normalized spacial score (nSPS) is 31.4. The van der Waals surface area contributed by atoms with Gasteiger partial charge in [-0.1, -0.05) is 18.2 Å². The third-order valence-corrected chi connectivity index (χ3v) is 5.63. The Balaban J connectivity index is 1.53. The average Bonchev–Trinajstić information content (AvgIpc) is 3.30. The second-order valence-electron chi connectivity index (χ2n) is 6.99. The molecule has 0 aromatic heterocycles. The van der Waals surface area contributed by atoms with Crippen molar-refractivity contribution >= 4 is 13.5 Å². The maximum Gasteiger partial charge on any atom is 0.475 e. The predicted octanol–water partition coefficient (Wildman–Crippen LogP) is 0.712. The summed E-state index contributed by atoms with van der Waals surface area (Å²) >= 11 is 0. The molecule has 0 spiro atoms. The van der Waals surface area contributed by atoms with E-state index in [4.69, 9.17) is 9.47 Å². The van der Waals surface area contributed by atoms with Gasteiger partial charge in [0.2, 0.25) is 6.41 Å². The molecule has 5 atom stereocenters. The lowest BCUT2D eigenvalue weighted by atomic mass is 9.71. The number of carbonyl (C=O) groups is 1. The molecule has 3 heterocycles. The van der Waals surface area contributed by atoms with Crippen molar-refractivity contribution in [1.82, 2.24) is 4.90 Å². The first-order chi connectivity index (χ1) is 11.7. The minimum atomic E-state index is -1.58. The van der Waals surface area contributed by atoms with E-state index in [-0.39, 0.29) is 24.2 Å². The van der Waals surface area contributed by atoms with Crippen LogP contribution in [0.15, 0.2) is 24.3 Å².